The van der Waals surface area contributed by atoms with Crippen LogP contribution >= 0.6 is 11.6 Å². The summed E-state index contributed by atoms with van der Waals surface area (Å²) < 4.78 is 0. The smallest absolute Gasteiger partial charge is 0.220 e. The van der Waals surface area contributed by atoms with E-state index in [9.17, 15) is 4.79 Å². The first kappa shape index (κ1) is 15.6. The highest BCUT2D eigenvalue weighted by atomic mass is 35.5. The number of rotatable bonds is 6. The SMILES string of the molecule is O=C(CCCc1c[nH]c2ccccc12)NCc1ccccc1Cl. The lowest BCUT2D eigenvalue weighted by molar-refractivity contribution is -0.121. The van der Waals surface area contributed by atoms with Gasteiger partial charge in [0, 0.05) is 35.1 Å². The largest absolute Gasteiger partial charge is 0.361 e. The second kappa shape index (κ2) is 7.34. The number of aromatic nitrogens is 1. The average molecular weight is 327 g/mol. The van der Waals surface area contributed by atoms with E-state index in [-0.39, 0.29) is 5.91 Å². The molecular weight excluding hydrogens is 308 g/mol. The van der Waals surface area contributed by atoms with Gasteiger partial charge in [0.1, 0.15) is 0 Å². The Morgan fingerprint density at radius 1 is 1.04 bits per heavy atom. The number of fused-ring (bicyclic) bond motifs is 1. The van der Waals surface area contributed by atoms with E-state index < -0.39 is 0 Å². The number of hydrogen-bond acceptors (Lipinski definition) is 1. The van der Waals surface area contributed by atoms with Crippen molar-refractivity contribution in [3.63, 3.8) is 0 Å². The van der Waals surface area contributed by atoms with Crippen LogP contribution in [0.5, 0.6) is 0 Å². The van der Waals surface area contributed by atoms with E-state index in [0.29, 0.717) is 18.0 Å². The number of aryl methyl sites for hydroxylation is 1. The van der Waals surface area contributed by atoms with Gasteiger partial charge >= 0.3 is 0 Å². The number of halogens is 1. The van der Waals surface area contributed by atoms with Gasteiger partial charge in [-0.15, -0.1) is 0 Å². The lowest BCUT2D eigenvalue weighted by atomic mass is 10.1. The van der Waals surface area contributed by atoms with E-state index in [0.717, 1.165) is 23.9 Å². The Labute approximate surface area is 140 Å². The third-order valence-corrected chi connectivity index (χ3v) is 4.33. The van der Waals surface area contributed by atoms with Crippen LogP contribution in [0, 0.1) is 0 Å². The van der Waals surface area contributed by atoms with Crippen molar-refractivity contribution in [2.75, 3.05) is 0 Å². The molecule has 1 heterocycles. The molecule has 0 saturated carbocycles. The zero-order valence-corrected chi connectivity index (χ0v) is 13.6. The Hall–Kier alpha value is -2.26. The minimum Gasteiger partial charge on any atom is -0.361 e. The summed E-state index contributed by atoms with van der Waals surface area (Å²) in [6, 6.07) is 15.8. The minimum absolute atomic E-state index is 0.0600. The first-order chi connectivity index (χ1) is 11.2. The van der Waals surface area contributed by atoms with Crippen LogP contribution in [0.15, 0.2) is 54.7 Å². The van der Waals surface area contributed by atoms with E-state index in [4.69, 9.17) is 11.6 Å². The Morgan fingerprint density at radius 3 is 2.70 bits per heavy atom. The van der Waals surface area contributed by atoms with Crippen molar-refractivity contribution in [2.24, 2.45) is 0 Å². The van der Waals surface area contributed by atoms with Crippen molar-refractivity contribution in [1.82, 2.24) is 10.3 Å². The van der Waals surface area contributed by atoms with Gasteiger partial charge in [-0.05, 0) is 36.1 Å². The number of aromatic amines is 1. The maximum atomic E-state index is 12.0. The van der Waals surface area contributed by atoms with Crippen LogP contribution in [-0.4, -0.2) is 10.9 Å². The molecule has 23 heavy (non-hydrogen) atoms. The van der Waals surface area contributed by atoms with Crippen LogP contribution < -0.4 is 5.32 Å². The Bertz CT molecular complexity index is 810. The lowest BCUT2D eigenvalue weighted by Gasteiger charge is -2.06. The van der Waals surface area contributed by atoms with Crippen molar-refractivity contribution in [1.29, 1.82) is 0 Å². The molecule has 2 N–H and O–H groups in total. The molecule has 0 aliphatic rings. The van der Waals surface area contributed by atoms with Crippen LogP contribution in [-0.2, 0) is 17.8 Å². The summed E-state index contributed by atoms with van der Waals surface area (Å²) in [5.41, 5.74) is 3.35. The van der Waals surface area contributed by atoms with Gasteiger partial charge in [-0.3, -0.25) is 4.79 Å². The normalized spacial score (nSPS) is 10.8. The summed E-state index contributed by atoms with van der Waals surface area (Å²) in [4.78, 5) is 15.2. The van der Waals surface area contributed by atoms with Crippen LogP contribution in [0.4, 0.5) is 0 Å². The molecular formula is C19H19ClN2O. The third kappa shape index (κ3) is 3.93. The highest BCUT2D eigenvalue weighted by Crippen LogP contribution is 2.19. The van der Waals surface area contributed by atoms with E-state index in [2.05, 4.69) is 22.4 Å². The second-order valence-corrected chi connectivity index (χ2v) is 5.99. The fourth-order valence-corrected chi connectivity index (χ4v) is 2.90. The molecule has 0 radical (unpaired) electrons. The number of nitrogens with one attached hydrogen (secondary N) is 2. The molecule has 3 aromatic rings. The van der Waals surface area contributed by atoms with Gasteiger partial charge in [0.2, 0.25) is 5.91 Å². The van der Waals surface area contributed by atoms with Gasteiger partial charge in [-0.2, -0.15) is 0 Å². The minimum atomic E-state index is 0.0600. The molecule has 0 aliphatic heterocycles. The maximum absolute atomic E-state index is 12.0. The van der Waals surface area contributed by atoms with Gasteiger partial charge in [0.15, 0.2) is 0 Å². The number of benzene rings is 2. The number of amides is 1. The predicted octanol–water partition coefficient (Wildman–Crippen LogP) is 4.46. The predicted molar refractivity (Wildman–Crippen MR) is 94.5 cm³/mol. The summed E-state index contributed by atoms with van der Waals surface area (Å²) in [6.07, 6.45) is 4.27. The van der Waals surface area contributed by atoms with Crippen molar-refractivity contribution in [3.8, 4) is 0 Å². The Balaban J connectivity index is 1.47. The number of H-pyrrole nitrogens is 1. The number of hydrogen-bond donors (Lipinski definition) is 2. The first-order valence-corrected chi connectivity index (χ1v) is 8.17. The van der Waals surface area contributed by atoms with E-state index in [1.165, 1.54) is 10.9 Å². The lowest BCUT2D eigenvalue weighted by Crippen LogP contribution is -2.22. The van der Waals surface area contributed by atoms with Gasteiger partial charge in [0.05, 0.1) is 0 Å². The average Bonchev–Trinajstić information content (AvgIpc) is 2.98. The molecule has 118 valence electrons. The zero-order valence-electron chi connectivity index (χ0n) is 12.8. The summed E-state index contributed by atoms with van der Waals surface area (Å²) in [5.74, 6) is 0.0600. The maximum Gasteiger partial charge on any atom is 0.220 e. The highest BCUT2D eigenvalue weighted by Gasteiger charge is 2.06. The summed E-state index contributed by atoms with van der Waals surface area (Å²) in [5, 5.41) is 4.85. The molecule has 1 amide bonds. The van der Waals surface area contributed by atoms with E-state index in [1.807, 2.05) is 42.6 Å². The summed E-state index contributed by atoms with van der Waals surface area (Å²) in [6.45, 7) is 0.478. The molecule has 0 unspecified atom stereocenters. The highest BCUT2D eigenvalue weighted by molar-refractivity contribution is 6.31. The first-order valence-electron chi connectivity index (χ1n) is 7.79. The van der Waals surface area contributed by atoms with Gasteiger partial charge in [0.25, 0.3) is 0 Å². The molecule has 0 spiro atoms. The molecule has 0 bridgehead atoms. The molecule has 0 saturated heterocycles. The molecule has 4 heteroatoms. The molecule has 3 rings (SSSR count). The number of para-hydroxylation sites is 1. The standard InChI is InChI=1S/C19H19ClN2O/c20-17-9-3-1-6-15(17)13-22-19(23)11-5-7-14-12-21-18-10-4-2-8-16(14)18/h1-4,6,8-10,12,21H,5,7,11,13H2,(H,22,23). The van der Waals surface area contributed by atoms with Crippen LogP contribution in [0.2, 0.25) is 5.02 Å². The van der Waals surface area contributed by atoms with E-state index in [1.54, 1.807) is 0 Å². The molecule has 2 aromatic carbocycles. The third-order valence-electron chi connectivity index (χ3n) is 3.96. The second-order valence-electron chi connectivity index (χ2n) is 5.58. The topological polar surface area (TPSA) is 44.9 Å². The van der Waals surface area contributed by atoms with Crippen LogP contribution in [0.25, 0.3) is 10.9 Å². The number of carbonyl (C=O) groups excluding carboxylic acids is 1. The van der Waals surface area contributed by atoms with E-state index >= 15 is 0 Å². The monoisotopic (exact) mass is 326 g/mol. The zero-order chi connectivity index (χ0) is 16.1. The molecule has 0 atom stereocenters. The number of carbonyl (C=O) groups is 1. The van der Waals surface area contributed by atoms with Crippen LogP contribution in [0.1, 0.15) is 24.0 Å². The summed E-state index contributed by atoms with van der Waals surface area (Å²) in [7, 11) is 0. The van der Waals surface area contributed by atoms with Crippen molar-refractivity contribution in [2.45, 2.75) is 25.8 Å². The summed E-state index contributed by atoms with van der Waals surface area (Å²) >= 11 is 6.08. The molecule has 3 nitrogen and oxygen atoms in total. The van der Waals surface area contributed by atoms with Crippen molar-refractivity contribution >= 4 is 28.4 Å². The van der Waals surface area contributed by atoms with Crippen molar-refractivity contribution in [3.05, 3.63) is 70.9 Å². The fourth-order valence-electron chi connectivity index (χ4n) is 2.70. The van der Waals surface area contributed by atoms with Crippen LogP contribution in [0.3, 0.4) is 0 Å². The van der Waals surface area contributed by atoms with Crippen molar-refractivity contribution < 1.29 is 4.79 Å². The quantitative estimate of drug-likeness (QED) is 0.690. The van der Waals surface area contributed by atoms with Gasteiger partial charge < -0.3 is 10.3 Å². The Kier molecular flexibility index (Phi) is 4.99. The molecule has 1 aromatic heterocycles. The van der Waals surface area contributed by atoms with Gasteiger partial charge in [-0.1, -0.05) is 48.0 Å². The molecule has 0 fully saturated rings. The Morgan fingerprint density at radius 2 is 1.83 bits per heavy atom. The fraction of sp³-hybridized carbons (Fsp3) is 0.211. The van der Waals surface area contributed by atoms with Gasteiger partial charge in [-0.25, -0.2) is 0 Å². The molecule has 0 aliphatic carbocycles.